The van der Waals surface area contributed by atoms with Crippen molar-refractivity contribution in [3.63, 3.8) is 0 Å². The number of benzene rings is 3. The van der Waals surface area contributed by atoms with Crippen molar-refractivity contribution in [3.05, 3.63) is 114 Å². The molecule has 0 saturated heterocycles. The maximum Gasteiger partial charge on any atom is 0.235 e. The lowest BCUT2D eigenvalue weighted by Gasteiger charge is -2.12. The fraction of sp³-hybridized carbons (Fsp3) is 0.214. The summed E-state index contributed by atoms with van der Waals surface area (Å²) in [5.41, 5.74) is 5.21. The Morgan fingerprint density at radius 1 is 0.857 bits per heavy atom. The molecule has 180 valence electrons. The zero-order valence-corrected chi connectivity index (χ0v) is 20.3. The van der Waals surface area contributed by atoms with E-state index < -0.39 is 21.5 Å². The first kappa shape index (κ1) is 24.4. The molecule has 0 fully saturated rings. The predicted octanol–water partition coefficient (Wildman–Crippen LogP) is 4.26. The monoisotopic (exact) mass is 487 g/mol. The molecule has 1 heterocycles. The van der Waals surface area contributed by atoms with Crippen LogP contribution in [0.25, 0.3) is 11.1 Å². The standard InChI is InChI=1S/C28H29N3O3S/c32-28(22-35(33,34)19-6-10-23-8-2-1-3-9-23)29-20-26-11-4-5-12-27(26)25-15-13-24(14-16-25)21-31-18-7-17-30-31/h1-5,7-9,11-18H,6,10,19-22H2,(H,29,32). The molecule has 0 unspecified atom stereocenters. The van der Waals surface area contributed by atoms with Gasteiger partial charge in [-0.15, -0.1) is 0 Å². The highest BCUT2D eigenvalue weighted by atomic mass is 32.2. The van der Waals surface area contributed by atoms with E-state index in [9.17, 15) is 13.2 Å². The third-order valence-corrected chi connectivity index (χ3v) is 7.39. The van der Waals surface area contributed by atoms with Crippen LogP contribution in [0.15, 0.2) is 97.3 Å². The molecule has 0 aliphatic rings. The van der Waals surface area contributed by atoms with E-state index in [4.69, 9.17) is 0 Å². The predicted molar refractivity (Wildman–Crippen MR) is 138 cm³/mol. The number of hydrogen-bond acceptors (Lipinski definition) is 4. The average Bonchev–Trinajstić information content (AvgIpc) is 3.37. The van der Waals surface area contributed by atoms with Gasteiger partial charge < -0.3 is 5.32 Å². The minimum Gasteiger partial charge on any atom is -0.351 e. The maximum atomic E-state index is 12.4. The Balaban J connectivity index is 1.31. The molecule has 1 amide bonds. The van der Waals surface area contributed by atoms with Gasteiger partial charge in [-0.25, -0.2) is 8.42 Å². The van der Waals surface area contributed by atoms with Crippen molar-refractivity contribution in [1.82, 2.24) is 15.1 Å². The van der Waals surface area contributed by atoms with E-state index in [0.29, 0.717) is 19.4 Å². The minimum absolute atomic E-state index is 0.00319. The summed E-state index contributed by atoms with van der Waals surface area (Å²) in [4.78, 5) is 12.4. The van der Waals surface area contributed by atoms with Crippen LogP contribution in [0.2, 0.25) is 0 Å². The van der Waals surface area contributed by atoms with Gasteiger partial charge in [0.2, 0.25) is 5.91 Å². The van der Waals surface area contributed by atoms with Crippen molar-refractivity contribution in [2.24, 2.45) is 0 Å². The Labute approximate surface area is 206 Å². The molecule has 4 rings (SSSR count). The lowest BCUT2D eigenvalue weighted by molar-refractivity contribution is -0.118. The van der Waals surface area contributed by atoms with Gasteiger partial charge in [-0.2, -0.15) is 5.10 Å². The fourth-order valence-electron chi connectivity index (χ4n) is 3.98. The number of carbonyl (C=O) groups is 1. The molecule has 3 aromatic carbocycles. The second-order valence-corrected chi connectivity index (χ2v) is 10.7. The number of rotatable bonds is 11. The summed E-state index contributed by atoms with van der Waals surface area (Å²) in [5, 5.41) is 7.02. The first-order valence-corrected chi connectivity index (χ1v) is 13.5. The van der Waals surface area contributed by atoms with E-state index in [2.05, 4.69) is 34.7 Å². The van der Waals surface area contributed by atoms with Gasteiger partial charge in [-0.1, -0.05) is 78.9 Å². The van der Waals surface area contributed by atoms with E-state index in [1.54, 1.807) is 6.20 Å². The van der Waals surface area contributed by atoms with Crippen LogP contribution < -0.4 is 5.32 Å². The second-order valence-electron chi connectivity index (χ2n) is 8.52. The van der Waals surface area contributed by atoms with Crippen LogP contribution in [0, 0.1) is 0 Å². The lowest BCUT2D eigenvalue weighted by Crippen LogP contribution is -2.31. The van der Waals surface area contributed by atoms with E-state index in [1.165, 1.54) is 0 Å². The smallest absolute Gasteiger partial charge is 0.235 e. The average molecular weight is 488 g/mol. The van der Waals surface area contributed by atoms with Gasteiger partial charge in [0.05, 0.1) is 12.3 Å². The zero-order valence-electron chi connectivity index (χ0n) is 19.5. The van der Waals surface area contributed by atoms with E-state index in [0.717, 1.165) is 27.8 Å². The molecular formula is C28H29N3O3S. The number of aryl methyl sites for hydroxylation is 1. The summed E-state index contributed by atoms with van der Waals surface area (Å²) in [5.74, 6) is -0.975. The topological polar surface area (TPSA) is 81.1 Å². The third-order valence-electron chi connectivity index (χ3n) is 5.78. The Bertz CT molecular complexity index is 1330. The van der Waals surface area contributed by atoms with Crippen molar-refractivity contribution in [2.75, 3.05) is 11.5 Å². The summed E-state index contributed by atoms with van der Waals surface area (Å²) < 4.78 is 26.7. The molecule has 1 aromatic heterocycles. The van der Waals surface area contributed by atoms with Gasteiger partial charge in [0.1, 0.15) is 5.75 Å². The molecule has 7 heteroatoms. The highest BCUT2D eigenvalue weighted by Gasteiger charge is 2.17. The summed E-state index contributed by atoms with van der Waals surface area (Å²) in [7, 11) is -3.46. The SMILES string of the molecule is O=C(CS(=O)(=O)CCCc1ccccc1)NCc1ccccc1-c1ccc(Cn2cccn2)cc1. The van der Waals surface area contributed by atoms with Gasteiger partial charge in [0.15, 0.2) is 9.84 Å². The molecule has 1 N–H and O–H groups in total. The molecule has 35 heavy (non-hydrogen) atoms. The molecule has 0 spiro atoms. The van der Waals surface area contributed by atoms with Crippen LogP contribution in [0.3, 0.4) is 0 Å². The molecular weight excluding hydrogens is 458 g/mol. The van der Waals surface area contributed by atoms with Gasteiger partial charge in [0, 0.05) is 18.9 Å². The summed E-state index contributed by atoms with van der Waals surface area (Å²) in [6.07, 6.45) is 4.86. The van der Waals surface area contributed by atoms with Gasteiger partial charge in [-0.3, -0.25) is 9.48 Å². The summed E-state index contributed by atoms with van der Waals surface area (Å²) in [6.45, 7) is 0.967. The highest BCUT2D eigenvalue weighted by molar-refractivity contribution is 7.92. The number of nitrogens with zero attached hydrogens (tertiary/aromatic N) is 2. The number of hydrogen-bond donors (Lipinski definition) is 1. The number of nitrogens with one attached hydrogen (secondary N) is 1. The Kier molecular flexibility index (Phi) is 8.11. The Morgan fingerprint density at radius 2 is 1.60 bits per heavy atom. The number of carbonyl (C=O) groups excluding carboxylic acids is 1. The van der Waals surface area contributed by atoms with E-state index in [1.807, 2.05) is 71.5 Å². The maximum absolute atomic E-state index is 12.4. The largest absolute Gasteiger partial charge is 0.351 e. The van der Waals surface area contributed by atoms with Crippen molar-refractivity contribution in [1.29, 1.82) is 0 Å². The molecule has 6 nitrogen and oxygen atoms in total. The fourth-order valence-corrected chi connectivity index (χ4v) is 5.21. The van der Waals surface area contributed by atoms with Gasteiger partial charge >= 0.3 is 0 Å². The normalized spacial score (nSPS) is 11.3. The van der Waals surface area contributed by atoms with Crippen molar-refractivity contribution in [3.8, 4) is 11.1 Å². The molecule has 0 atom stereocenters. The van der Waals surface area contributed by atoms with Crippen molar-refractivity contribution in [2.45, 2.75) is 25.9 Å². The van der Waals surface area contributed by atoms with Crippen LogP contribution in [0.4, 0.5) is 0 Å². The van der Waals surface area contributed by atoms with Crippen LogP contribution in [0.1, 0.15) is 23.1 Å². The molecule has 0 radical (unpaired) electrons. The number of amides is 1. The highest BCUT2D eigenvalue weighted by Crippen LogP contribution is 2.24. The molecule has 0 saturated carbocycles. The Hall–Kier alpha value is -3.71. The summed E-state index contributed by atoms with van der Waals surface area (Å²) >= 11 is 0. The first-order chi connectivity index (χ1) is 17.0. The quantitative estimate of drug-likeness (QED) is 0.343. The summed E-state index contributed by atoms with van der Waals surface area (Å²) in [6, 6.07) is 27.7. The van der Waals surface area contributed by atoms with Crippen molar-refractivity contribution < 1.29 is 13.2 Å². The van der Waals surface area contributed by atoms with Gasteiger partial charge in [-0.05, 0) is 46.7 Å². The van der Waals surface area contributed by atoms with Crippen LogP contribution in [-0.4, -0.2) is 35.6 Å². The Morgan fingerprint density at radius 3 is 2.34 bits per heavy atom. The zero-order chi connectivity index (χ0) is 24.5. The van der Waals surface area contributed by atoms with E-state index >= 15 is 0 Å². The second kappa shape index (κ2) is 11.6. The molecule has 0 aliphatic carbocycles. The van der Waals surface area contributed by atoms with Gasteiger partial charge in [0.25, 0.3) is 0 Å². The molecule has 0 aliphatic heterocycles. The number of sulfone groups is 1. The first-order valence-electron chi connectivity index (χ1n) is 11.6. The minimum atomic E-state index is -3.46. The molecule has 4 aromatic rings. The van der Waals surface area contributed by atoms with E-state index in [-0.39, 0.29) is 12.3 Å². The molecule has 0 bridgehead atoms. The van der Waals surface area contributed by atoms with Crippen LogP contribution in [-0.2, 0) is 34.1 Å². The van der Waals surface area contributed by atoms with Crippen molar-refractivity contribution >= 4 is 15.7 Å². The lowest BCUT2D eigenvalue weighted by atomic mass is 9.98. The number of aromatic nitrogens is 2. The van der Waals surface area contributed by atoms with Crippen LogP contribution in [0.5, 0.6) is 0 Å². The van der Waals surface area contributed by atoms with Crippen LogP contribution >= 0.6 is 0 Å². The third kappa shape index (κ3) is 7.39.